The van der Waals surface area contributed by atoms with Crippen molar-refractivity contribution < 1.29 is 14.3 Å². The summed E-state index contributed by atoms with van der Waals surface area (Å²) >= 11 is 3.27. The third-order valence-corrected chi connectivity index (χ3v) is 6.55. The number of nitrogens with zero attached hydrogens (tertiary/aromatic N) is 5. The van der Waals surface area contributed by atoms with Gasteiger partial charge in [0.25, 0.3) is 0 Å². The van der Waals surface area contributed by atoms with E-state index in [2.05, 4.69) is 36.2 Å². The van der Waals surface area contributed by atoms with E-state index in [4.69, 9.17) is 5.73 Å². The Hall–Kier alpha value is -3.15. The lowest BCUT2D eigenvalue weighted by atomic mass is 10.1. The summed E-state index contributed by atoms with van der Waals surface area (Å²) in [5.74, 6) is 0.271. The SMILES string of the molecule is Cc1ccc2c(c1)c1c(N)ncnc1n2CC(O)N1C[C@H](F)C[C@H]1C(=O)Nc1cccc(Br)n1. The topological polar surface area (TPSA) is 122 Å². The van der Waals surface area contributed by atoms with Crippen molar-refractivity contribution in [2.45, 2.75) is 38.3 Å². The van der Waals surface area contributed by atoms with Crippen LogP contribution in [0, 0.1) is 6.92 Å². The van der Waals surface area contributed by atoms with E-state index in [9.17, 15) is 14.3 Å². The smallest absolute Gasteiger partial charge is 0.243 e. The van der Waals surface area contributed by atoms with Crippen LogP contribution in [0.4, 0.5) is 16.0 Å². The number of fused-ring (bicyclic) bond motifs is 3. The van der Waals surface area contributed by atoms with Gasteiger partial charge in [0.15, 0.2) is 0 Å². The van der Waals surface area contributed by atoms with Crippen molar-refractivity contribution in [3.8, 4) is 0 Å². The van der Waals surface area contributed by atoms with Gasteiger partial charge in [-0.05, 0) is 47.1 Å². The van der Waals surface area contributed by atoms with Crippen LogP contribution in [-0.4, -0.2) is 60.4 Å². The van der Waals surface area contributed by atoms with E-state index in [0.29, 0.717) is 27.3 Å². The number of hydrogen-bond donors (Lipinski definition) is 3. The molecule has 9 nitrogen and oxygen atoms in total. The van der Waals surface area contributed by atoms with Crippen molar-refractivity contribution in [1.29, 1.82) is 0 Å². The Bertz CT molecular complexity index is 1390. The van der Waals surface area contributed by atoms with Crippen molar-refractivity contribution in [2.75, 3.05) is 17.6 Å². The number of rotatable bonds is 5. The third kappa shape index (κ3) is 4.10. The number of carbonyl (C=O) groups is 1. The average Bonchev–Trinajstić information content (AvgIpc) is 3.33. The molecule has 1 amide bonds. The molecule has 0 aliphatic carbocycles. The zero-order chi connectivity index (χ0) is 24.0. The molecule has 3 atom stereocenters. The summed E-state index contributed by atoms with van der Waals surface area (Å²) in [6.45, 7) is 2.00. The van der Waals surface area contributed by atoms with Gasteiger partial charge in [-0.2, -0.15) is 0 Å². The lowest BCUT2D eigenvalue weighted by molar-refractivity contribution is -0.124. The van der Waals surface area contributed by atoms with Gasteiger partial charge in [-0.15, -0.1) is 0 Å². The van der Waals surface area contributed by atoms with Crippen molar-refractivity contribution in [3.05, 3.63) is 52.9 Å². The van der Waals surface area contributed by atoms with E-state index in [1.165, 1.54) is 11.2 Å². The summed E-state index contributed by atoms with van der Waals surface area (Å²) in [6.07, 6.45) is -1.01. The summed E-state index contributed by atoms with van der Waals surface area (Å²) in [5, 5.41) is 15.5. The normalized spacial score (nSPS) is 19.6. The number of hydrogen-bond acceptors (Lipinski definition) is 7. The molecule has 3 aromatic heterocycles. The van der Waals surface area contributed by atoms with Crippen LogP contribution in [0.3, 0.4) is 0 Å². The second-order valence-electron chi connectivity index (χ2n) is 8.45. The van der Waals surface area contributed by atoms with Crippen LogP contribution in [0.15, 0.2) is 47.3 Å². The second kappa shape index (κ2) is 8.90. The third-order valence-electron chi connectivity index (χ3n) is 6.11. The van der Waals surface area contributed by atoms with E-state index in [0.717, 1.165) is 16.5 Å². The lowest BCUT2D eigenvalue weighted by Crippen LogP contribution is -2.47. The first-order valence-corrected chi connectivity index (χ1v) is 11.6. The maximum Gasteiger partial charge on any atom is 0.243 e. The number of aryl methyl sites for hydroxylation is 1. The second-order valence-corrected chi connectivity index (χ2v) is 9.26. The standard InChI is InChI=1S/C23H23BrFN7O2/c1-12-5-6-15-14(7-12)20-21(26)27-11-28-22(20)32(15)10-19(33)31-9-13(25)8-16(31)23(34)30-18-4-2-3-17(24)29-18/h2-7,11,13,16,19,33H,8-10H2,1H3,(H2,26,27,28)(H,29,30,34)/t13-,16+,19?/m1/s1. The fraction of sp³-hybridized carbons (Fsp3) is 0.304. The van der Waals surface area contributed by atoms with Crippen LogP contribution in [0.5, 0.6) is 0 Å². The van der Waals surface area contributed by atoms with E-state index in [-0.39, 0.29) is 19.5 Å². The summed E-state index contributed by atoms with van der Waals surface area (Å²) in [7, 11) is 0. The molecule has 0 saturated carbocycles. The van der Waals surface area contributed by atoms with Crippen LogP contribution in [0.1, 0.15) is 12.0 Å². The molecule has 34 heavy (non-hydrogen) atoms. The minimum Gasteiger partial charge on any atom is -0.383 e. The summed E-state index contributed by atoms with van der Waals surface area (Å²) < 4.78 is 16.8. The molecule has 176 valence electrons. The van der Waals surface area contributed by atoms with Crippen LogP contribution in [0.2, 0.25) is 0 Å². The Kier molecular flexibility index (Phi) is 5.92. The molecule has 0 radical (unpaired) electrons. The number of aliphatic hydroxyl groups is 1. The number of benzene rings is 1. The Balaban J connectivity index is 1.45. The predicted octanol–water partition coefficient (Wildman–Crippen LogP) is 3.00. The average molecular weight is 528 g/mol. The molecule has 0 spiro atoms. The highest BCUT2D eigenvalue weighted by molar-refractivity contribution is 9.10. The van der Waals surface area contributed by atoms with Gasteiger partial charge < -0.3 is 20.7 Å². The number of nitrogen functional groups attached to an aromatic ring is 1. The fourth-order valence-electron chi connectivity index (χ4n) is 4.59. The Morgan fingerprint density at radius 2 is 2.18 bits per heavy atom. The number of carbonyl (C=O) groups excluding carboxylic acids is 1. The summed E-state index contributed by atoms with van der Waals surface area (Å²) in [4.78, 5) is 27.2. The molecule has 4 heterocycles. The number of likely N-dealkylation sites (tertiary alicyclic amines) is 1. The van der Waals surface area contributed by atoms with E-state index < -0.39 is 24.3 Å². The number of aromatic nitrogens is 4. The quantitative estimate of drug-likeness (QED) is 0.341. The van der Waals surface area contributed by atoms with E-state index >= 15 is 0 Å². The molecule has 0 bridgehead atoms. The van der Waals surface area contributed by atoms with Gasteiger partial charge in [0.1, 0.15) is 40.6 Å². The molecule has 1 unspecified atom stereocenters. The molecule has 1 saturated heterocycles. The number of aliphatic hydroxyl groups excluding tert-OH is 1. The van der Waals surface area contributed by atoms with Gasteiger partial charge in [0.2, 0.25) is 5.91 Å². The number of nitrogens with one attached hydrogen (secondary N) is 1. The van der Waals surface area contributed by atoms with Crippen molar-refractivity contribution in [1.82, 2.24) is 24.4 Å². The molecule has 4 aromatic rings. The Morgan fingerprint density at radius 3 is 2.97 bits per heavy atom. The van der Waals surface area contributed by atoms with Crippen LogP contribution in [0.25, 0.3) is 21.9 Å². The first kappa shape index (κ1) is 22.6. The summed E-state index contributed by atoms with van der Waals surface area (Å²) in [6, 6.07) is 10.2. The lowest BCUT2D eigenvalue weighted by Gasteiger charge is -2.28. The number of halogens is 2. The Morgan fingerprint density at radius 1 is 1.35 bits per heavy atom. The van der Waals surface area contributed by atoms with Gasteiger partial charge in [0.05, 0.1) is 23.5 Å². The maximum atomic E-state index is 14.4. The molecule has 1 fully saturated rings. The minimum absolute atomic E-state index is 0.0155. The number of amides is 1. The zero-order valence-corrected chi connectivity index (χ0v) is 19.9. The molecule has 1 aliphatic rings. The number of anilines is 2. The van der Waals surface area contributed by atoms with Gasteiger partial charge in [0, 0.05) is 18.4 Å². The van der Waals surface area contributed by atoms with Crippen LogP contribution in [-0.2, 0) is 11.3 Å². The fourth-order valence-corrected chi connectivity index (χ4v) is 4.93. The molecular formula is C23H23BrFN7O2. The van der Waals surface area contributed by atoms with Gasteiger partial charge in [-0.3, -0.25) is 9.69 Å². The first-order valence-electron chi connectivity index (χ1n) is 10.8. The van der Waals surface area contributed by atoms with E-state index in [1.54, 1.807) is 18.2 Å². The number of nitrogens with two attached hydrogens (primary N) is 1. The van der Waals surface area contributed by atoms with Gasteiger partial charge in [-0.25, -0.2) is 19.3 Å². The molecule has 5 rings (SSSR count). The number of pyridine rings is 1. The monoisotopic (exact) mass is 527 g/mol. The van der Waals surface area contributed by atoms with Gasteiger partial charge >= 0.3 is 0 Å². The minimum atomic E-state index is -1.24. The highest BCUT2D eigenvalue weighted by atomic mass is 79.9. The number of alkyl halides is 1. The van der Waals surface area contributed by atoms with E-state index in [1.807, 2.05) is 29.7 Å². The summed E-state index contributed by atoms with van der Waals surface area (Å²) in [5.41, 5.74) is 8.60. The van der Waals surface area contributed by atoms with Crippen LogP contribution < -0.4 is 11.1 Å². The highest BCUT2D eigenvalue weighted by Gasteiger charge is 2.40. The largest absolute Gasteiger partial charge is 0.383 e. The molecule has 4 N–H and O–H groups in total. The maximum absolute atomic E-state index is 14.4. The van der Waals surface area contributed by atoms with Crippen LogP contribution >= 0.6 is 15.9 Å². The van der Waals surface area contributed by atoms with Crippen molar-refractivity contribution >= 4 is 55.4 Å². The zero-order valence-electron chi connectivity index (χ0n) is 18.3. The predicted molar refractivity (Wildman–Crippen MR) is 131 cm³/mol. The van der Waals surface area contributed by atoms with Gasteiger partial charge in [-0.1, -0.05) is 17.7 Å². The molecule has 1 aliphatic heterocycles. The highest BCUT2D eigenvalue weighted by Crippen LogP contribution is 2.32. The van der Waals surface area contributed by atoms with Crippen molar-refractivity contribution in [2.24, 2.45) is 0 Å². The molecule has 11 heteroatoms. The van der Waals surface area contributed by atoms with Crippen molar-refractivity contribution in [3.63, 3.8) is 0 Å². The first-order chi connectivity index (χ1) is 16.3. The Labute approximate surface area is 202 Å². The molecular weight excluding hydrogens is 505 g/mol. The molecule has 1 aromatic carbocycles.